The Morgan fingerprint density at radius 1 is 1.47 bits per heavy atom. The zero-order valence-corrected chi connectivity index (χ0v) is 11.4. The van der Waals surface area contributed by atoms with Gasteiger partial charge in [0.1, 0.15) is 5.75 Å². The number of methoxy groups -OCH3 is 1. The first-order valence-electron chi connectivity index (χ1n) is 6.20. The third-order valence-electron chi connectivity index (χ3n) is 3.16. The molecular weight excluding hydrogens is 242 g/mol. The van der Waals surface area contributed by atoms with E-state index in [0.717, 1.165) is 29.1 Å². The summed E-state index contributed by atoms with van der Waals surface area (Å²) in [4.78, 5) is 0. The van der Waals surface area contributed by atoms with Crippen LogP contribution in [0.15, 0.2) is 24.4 Å². The molecule has 2 aromatic rings. The second-order valence-corrected chi connectivity index (χ2v) is 4.30. The predicted molar refractivity (Wildman–Crippen MR) is 72.6 cm³/mol. The van der Waals surface area contributed by atoms with E-state index in [-0.39, 0.29) is 6.04 Å². The highest BCUT2D eigenvalue weighted by atomic mass is 16.5. The largest absolute Gasteiger partial charge is 0.496 e. The summed E-state index contributed by atoms with van der Waals surface area (Å²) in [6.07, 6.45) is 1.73. The van der Waals surface area contributed by atoms with Crippen LogP contribution in [0.3, 0.4) is 0 Å². The normalized spacial score (nSPS) is 12.4. The number of hydrogen-bond donors (Lipinski definition) is 2. The SMILES string of the molecule is CCn1nncc1C(NN)c1ccc(OC)c(C)c1. The zero-order valence-electron chi connectivity index (χ0n) is 11.4. The Kier molecular flexibility index (Phi) is 4.13. The maximum absolute atomic E-state index is 5.69. The molecule has 1 aromatic heterocycles. The van der Waals surface area contributed by atoms with Gasteiger partial charge >= 0.3 is 0 Å². The fourth-order valence-electron chi connectivity index (χ4n) is 2.17. The lowest BCUT2D eigenvalue weighted by atomic mass is 10.0. The van der Waals surface area contributed by atoms with E-state index < -0.39 is 0 Å². The van der Waals surface area contributed by atoms with E-state index >= 15 is 0 Å². The molecule has 1 unspecified atom stereocenters. The van der Waals surface area contributed by atoms with E-state index in [2.05, 4.69) is 21.8 Å². The Morgan fingerprint density at radius 3 is 2.84 bits per heavy atom. The van der Waals surface area contributed by atoms with Crippen molar-refractivity contribution in [3.8, 4) is 5.75 Å². The van der Waals surface area contributed by atoms with Gasteiger partial charge in [0.05, 0.1) is 25.0 Å². The zero-order chi connectivity index (χ0) is 13.8. The van der Waals surface area contributed by atoms with Crippen molar-refractivity contribution in [1.82, 2.24) is 20.4 Å². The van der Waals surface area contributed by atoms with Gasteiger partial charge in [0.25, 0.3) is 0 Å². The van der Waals surface area contributed by atoms with Crippen molar-refractivity contribution in [1.29, 1.82) is 0 Å². The molecule has 0 aliphatic carbocycles. The molecule has 3 N–H and O–H groups in total. The molecular formula is C13H19N5O. The average Bonchev–Trinajstić information content (AvgIpc) is 2.88. The summed E-state index contributed by atoms with van der Waals surface area (Å²) in [6.45, 7) is 4.78. The number of aryl methyl sites for hydroxylation is 2. The van der Waals surface area contributed by atoms with Crippen LogP contribution in [-0.4, -0.2) is 22.1 Å². The highest BCUT2D eigenvalue weighted by molar-refractivity contribution is 5.39. The summed E-state index contributed by atoms with van der Waals surface area (Å²) in [5.41, 5.74) is 5.88. The van der Waals surface area contributed by atoms with Gasteiger partial charge in [0, 0.05) is 6.54 Å². The van der Waals surface area contributed by atoms with Gasteiger partial charge in [0.2, 0.25) is 0 Å². The topological polar surface area (TPSA) is 78.0 Å². The van der Waals surface area contributed by atoms with Gasteiger partial charge in [-0.1, -0.05) is 17.3 Å². The van der Waals surface area contributed by atoms with Crippen LogP contribution in [0, 0.1) is 6.92 Å². The number of ether oxygens (including phenoxy) is 1. The smallest absolute Gasteiger partial charge is 0.121 e. The quantitative estimate of drug-likeness (QED) is 0.624. The molecule has 0 fully saturated rings. The molecule has 0 spiro atoms. The van der Waals surface area contributed by atoms with E-state index in [1.807, 2.05) is 30.7 Å². The molecule has 0 aliphatic rings. The summed E-state index contributed by atoms with van der Waals surface area (Å²) in [5, 5.41) is 7.97. The van der Waals surface area contributed by atoms with Gasteiger partial charge in [-0.05, 0) is 31.0 Å². The predicted octanol–water partition coefficient (Wildman–Crippen LogP) is 1.17. The Labute approximate surface area is 112 Å². The van der Waals surface area contributed by atoms with Gasteiger partial charge in [-0.25, -0.2) is 10.1 Å². The van der Waals surface area contributed by atoms with Crippen LogP contribution < -0.4 is 16.0 Å². The molecule has 1 aromatic carbocycles. The molecule has 0 radical (unpaired) electrons. The number of hydrazine groups is 1. The minimum Gasteiger partial charge on any atom is -0.496 e. The molecule has 0 saturated heterocycles. The fraction of sp³-hybridized carbons (Fsp3) is 0.385. The first-order chi connectivity index (χ1) is 9.21. The van der Waals surface area contributed by atoms with E-state index in [1.54, 1.807) is 13.3 Å². The van der Waals surface area contributed by atoms with Crippen LogP contribution in [0.1, 0.15) is 29.8 Å². The monoisotopic (exact) mass is 261 g/mol. The molecule has 0 saturated carbocycles. The van der Waals surface area contributed by atoms with E-state index in [4.69, 9.17) is 10.6 Å². The van der Waals surface area contributed by atoms with E-state index in [9.17, 15) is 0 Å². The first-order valence-corrected chi connectivity index (χ1v) is 6.20. The number of nitrogens with zero attached hydrogens (tertiary/aromatic N) is 3. The summed E-state index contributed by atoms with van der Waals surface area (Å²) in [6, 6.07) is 5.84. The highest BCUT2D eigenvalue weighted by Gasteiger charge is 2.18. The molecule has 102 valence electrons. The minimum absolute atomic E-state index is 0.139. The maximum atomic E-state index is 5.69. The average molecular weight is 261 g/mol. The van der Waals surface area contributed by atoms with Crippen LogP contribution in [-0.2, 0) is 6.54 Å². The van der Waals surface area contributed by atoms with Crippen molar-refractivity contribution in [2.45, 2.75) is 26.4 Å². The number of aromatic nitrogens is 3. The number of nitrogens with two attached hydrogens (primary N) is 1. The van der Waals surface area contributed by atoms with Crippen molar-refractivity contribution >= 4 is 0 Å². The van der Waals surface area contributed by atoms with Gasteiger partial charge in [-0.2, -0.15) is 0 Å². The third-order valence-corrected chi connectivity index (χ3v) is 3.16. The molecule has 0 bridgehead atoms. The standard InChI is InChI=1S/C13H19N5O/c1-4-18-11(8-15-17-18)13(16-14)10-5-6-12(19-3)9(2)7-10/h5-8,13,16H,4,14H2,1-3H3. The Morgan fingerprint density at radius 2 is 2.26 bits per heavy atom. The molecule has 0 amide bonds. The van der Waals surface area contributed by atoms with Gasteiger partial charge in [-0.15, -0.1) is 5.10 Å². The van der Waals surface area contributed by atoms with Crippen LogP contribution in [0.25, 0.3) is 0 Å². The second-order valence-electron chi connectivity index (χ2n) is 4.30. The lowest BCUT2D eigenvalue weighted by Gasteiger charge is -2.18. The Hall–Kier alpha value is -1.92. The first kappa shape index (κ1) is 13.5. The van der Waals surface area contributed by atoms with Gasteiger partial charge < -0.3 is 4.74 Å². The van der Waals surface area contributed by atoms with Crippen molar-refractivity contribution in [3.63, 3.8) is 0 Å². The number of hydrogen-bond acceptors (Lipinski definition) is 5. The lowest BCUT2D eigenvalue weighted by Crippen LogP contribution is -2.30. The van der Waals surface area contributed by atoms with Crippen LogP contribution in [0.4, 0.5) is 0 Å². The third kappa shape index (κ3) is 2.59. The number of nitrogens with one attached hydrogen (secondary N) is 1. The van der Waals surface area contributed by atoms with Gasteiger partial charge in [-0.3, -0.25) is 5.84 Å². The highest BCUT2D eigenvalue weighted by Crippen LogP contribution is 2.25. The molecule has 19 heavy (non-hydrogen) atoms. The fourth-order valence-corrected chi connectivity index (χ4v) is 2.17. The summed E-state index contributed by atoms with van der Waals surface area (Å²) in [7, 11) is 1.66. The minimum atomic E-state index is -0.139. The summed E-state index contributed by atoms with van der Waals surface area (Å²) >= 11 is 0. The molecule has 1 heterocycles. The lowest BCUT2D eigenvalue weighted by molar-refractivity contribution is 0.411. The molecule has 6 nitrogen and oxygen atoms in total. The van der Waals surface area contributed by atoms with E-state index in [1.165, 1.54) is 0 Å². The Balaban J connectivity index is 2.40. The van der Waals surface area contributed by atoms with Crippen molar-refractivity contribution < 1.29 is 4.74 Å². The van der Waals surface area contributed by atoms with Gasteiger partial charge in [0.15, 0.2) is 0 Å². The number of benzene rings is 1. The molecule has 6 heteroatoms. The summed E-state index contributed by atoms with van der Waals surface area (Å²) < 4.78 is 7.09. The summed E-state index contributed by atoms with van der Waals surface area (Å²) in [5.74, 6) is 6.55. The van der Waals surface area contributed by atoms with Crippen molar-refractivity contribution in [2.24, 2.45) is 5.84 Å². The van der Waals surface area contributed by atoms with Crippen molar-refractivity contribution in [2.75, 3.05) is 7.11 Å². The molecule has 2 rings (SSSR count). The molecule has 0 aliphatic heterocycles. The Bertz CT molecular complexity index is 552. The maximum Gasteiger partial charge on any atom is 0.121 e. The van der Waals surface area contributed by atoms with E-state index in [0.29, 0.717) is 0 Å². The number of rotatable bonds is 5. The van der Waals surface area contributed by atoms with Crippen LogP contribution in [0.5, 0.6) is 5.75 Å². The molecule has 1 atom stereocenters. The van der Waals surface area contributed by atoms with Crippen molar-refractivity contribution in [3.05, 3.63) is 41.2 Å². The van der Waals surface area contributed by atoms with Crippen LogP contribution >= 0.6 is 0 Å². The second kappa shape index (κ2) is 5.81. The van der Waals surface area contributed by atoms with Crippen LogP contribution in [0.2, 0.25) is 0 Å².